The van der Waals surface area contributed by atoms with Crippen molar-refractivity contribution in [1.82, 2.24) is 9.97 Å². The minimum absolute atomic E-state index is 0.160. The van der Waals surface area contributed by atoms with E-state index in [1.807, 2.05) is 42.3 Å². The third-order valence-corrected chi connectivity index (χ3v) is 5.52. The van der Waals surface area contributed by atoms with Crippen molar-refractivity contribution in [2.45, 2.75) is 12.8 Å². The molecule has 1 unspecified atom stereocenters. The van der Waals surface area contributed by atoms with E-state index in [0.717, 1.165) is 11.3 Å². The molecule has 164 valence electrons. The summed E-state index contributed by atoms with van der Waals surface area (Å²) in [5.41, 5.74) is 1.98. The van der Waals surface area contributed by atoms with Crippen LogP contribution in [0.25, 0.3) is 6.08 Å². The Labute approximate surface area is 196 Å². The highest BCUT2D eigenvalue weighted by atomic mass is 35.5. The molecule has 1 atom stereocenters. The quantitative estimate of drug-likeness (QED) is 0.391. The first kappa shape index (κ1) is 23.4. The molecule has 2 aromatic carbocycles. The number of carboxylic acid groups (broad SMARTS) is 1. The molecule has 0 bridgehead atoms. The number of hydrogen-bond acceptors (Lipinski definition) is 5. The molecule has 6 nitrogen and oxygen atoms in total. The Bertz CT molecular complexity index is 1100. The van der Waals surface area contributed by atoms with Crippen LogP contribution in [0.3, 0.4) is 0 Å². The van der Waals surface area contributed by atoms with Crippen molar-refractivity contribution in [3.8, 4) is 0 Å². The number of benzene rings is 2. The number of rotatable bonds is 9. The number of carbonyl (C=O) groups is 2. The molecule has 3 aromatic rings. The van der Waals surface area contributed by atoms with Gasteiger partial charge in [0.2, 0.25) is 5.95 Å². The van der Waals surface area contributed by atoms with Gasteiger partial charge in [-0.25, -0.2) is 9.97 Å². The fraction of sp³-hybridized carbons (Fsp3) is 0.167. The maximum Gasteiger partial charge on any atom is 0.307 e. The van der Waals surface area contributed by atoms with E-state index in [2.05, 4.69) is 9.97 Å². The number of carboxylic acids is 1. The highest BCUT2D eigenvalue weighted by Gasteiger charge is 2.23. The largest absolute Gasteiger partial charge is 0.481 e. The van der Waals surface area contributed by atoms with Crippen molar-refractivity contribution in [3.05, 3.63) is 88.2 Å². The normalized spacial score (nSPS) is 12.0. The molecule has 1 N–H and O–H groups in total. The third kappa shape index (κ3) is 5.93. The molecular formula is C24H21Cl2N3O3. The van der Waals surface area contributed by atoms with Gasteiger partial charge in [0, 0.05) is 31.5 Å². The molecule has 1 heterocycles. The summed E-state index contributed by atoms with van der Waals surface area (Å²) in [5.74, 6) is -1.74. The van der Waals surface area contributed by atoms with Crippen molar-refractivity contribution >= 4 is 52.7 Å². The smallest absolute Gasteiger partial charge is 0.307 e. The van der Waals surface area contributed by atoms with Crippen LogP contribution < -0.4 is 4.90 Å². The number of aromatic nitrogens is 2. The van der Waals surface area contributed by atoms with Gasteiger partial charge in [0.1, 0.15) is 0 Å². The minimum Gasteiger partial charge on any atom is -0.481 e. The van der Waals surface area contributed by atoms with Gasteiger partial charge in [0.25, 0.3) is 0 Å². The standard InChI is InChI=1S/C24H21Cl2N3O3/c1-29(24-27-13-4-14-28-24)18-11-9-16(10-12-18)5-2-6-17(23(31)32)15-21(30)22-19(25)7-3-8-20(22)26/h2-5,7-14,17H,6,15H2,1H3,(H,31,32)/b5-2+. The lowest BCUT2D eigenvalue weighted by molar-refractivity contribution is -0.141. The molecule has 0 aliphatic carbocycles. The van der Waals surface area contributed by atoms with Crippen LogP contribution in [0, 0.1) is 5.92 Å². The molecule has 0 amide bonds. The zero-order valence-electron chi connectivity index (χ0n) is 17.3. The Balaban J connectivity index is 1.64. The van der Waals surface area contributed by atoms with Gasteiger partial charge < -0.3 is 10.0 Å². The van der Waals surface area contributed by atoms with Crippen LogP contribution in [0.2, 0.25) is 10.0 Å². The van der Waals surface area contributed by atoms with Crippen LogP contribution in [0.4, 0.5) is 11.6 Å². The van der Waals surface area contributed by atoms with Gasteiger partial charge in [-0.1, -0.05) is 53.6 Å². The first-order chi connectivity index (χ1) is 15.4. The number of aliphatic carboxylic acids is 1. The van der Waals surface area contributed by atoms with Gasteiger partial charge in [-0.15, -0.1) is 0 Å². The van der Waals surface area contributed by atoms with Crippen LogP contribution in [0.5, 0.6) is 0 Å². The zero-order valence-corrected chi connectivity index (χ0v) is 18.8. The van der Waals surface area contributed by atoms with Gasteiger partial charge in [-0.3, -0.25) is 9.59 Å². The zero-order chi connectivity index (χ0) is 23.1. The van der Waals surface area contributed by atoms with Crippen LogP contribution in [0.15, 0.2) is 67.0 Å². The van der Waals surface area contributed by atoms with Crippen molar-refractivity contribution in [2.24, 2.45) is 5.92 Å². The van der Waals surface area contributed by atoms with E-state index in [9.17, 15) is 14.7 Å². The second kappa shape index (κ2) is 10.9. The Morgan fingerprint density at radius 2 is 1.66 bits per heavy atom. The van der Waals surface area contributed by atoms with E-state index in [1.54, 1.807) is 42.7 Å². The van der Waals surface area contributed by atoms with Crippen LogP contribution in [-0.2, 0) is 4.79 Å². The Kier molecular flexibility index (Phi) is 7.98. The molecule has 0 radical (unpaired) electrons. The summed E-state index contributed by atoms with van der Waals surface area (Å²) in [4.78, 5) is 34.5. The number of ketones is 1. The van der Waals surface area contributed by atoms with E-state index in [-0.39, 0.29) is 28.5 Å². The summed E-state index contributed by atoms with van der Waals surface area (Å²) in [6.07, 6.45) is 6.94. The number of Topliss-reactive ketones (excluding diaryl/α,β-unsaturated/α-hetero) is 1. The fourth-order valence-electron chi connectivity index (χ4n) is 3.12. The molecule has 8 heteroatoms. The van der Waals surface area contributed by atoms with E-state index in [0.29, 0.717) is 5.95 Å². The van der Waals surface area contributed by atoms with Crippen molar-refractivity contribution in [2.75, 3.05) is 11.9 Å². The summed E-state index contributed by atoms with van der Waals surface area (Å²) < 4.78 is 0. The minimum atomic E-state index is -1.05. The molecule has 0 saturated heterocycles. The second-order valence-electron chi connectivity index (χ2n) is 7.10. The summed E-state index contributed by atoms with van der Waals surface area (Å²) in [5, 5.41) is 9.97. The summed E-state index contributed by atoms with van der Waals surface area (Å²) >= 11 is 12.1. The molecule has 0 aliphatic heterocycles. The predicted molar refractivity (Wildman–Crippen MR) is 127 cm³/mol. The molecule has 0 fully saturated rings. The molecule has 3 rings (SSSR count). The average molecular weight is 470 g/mol. The first-order valence-corrected chi connectivity index (χ1v) is 10.6. The van der Waals surface area contributed by atoms with Gasteiger partial charge in [-0.2, -0.15) is 0 Å². The number of halogens is 2. The second-order valence-corrected chi connectivity index (χ2v) is 7.91. The maximum absolute atomic E-state index is 12.6. The fourth-order valence-corrected chi connectivity index (χ4v) is 3.73. The SMILES string of the molecule is CN(c1ccc(/C=C/CC(CC(=O)c2c(Cl)cccc2Cl)C(=O)O)cc1)c1ncccn1. The monoisotopic (exact) mass is 469 g/mol. The molecule has 1 aromatic heterocycles. The van der Waals surface area contributed by atoms with Crippen molar-refractivity contribution in [3.63, 3.8) is 0 Å². The van der Waals surface area contributed by atoms with Crippen LogP contribution >= 0.6 is 23.2 Å². The van der Waals surface area contributed by atoms with Gasteiger partial charge in [0.05, 0.1) is 21.5 Å². The molecule has 0 spiro atoms. The highest BCUT2D eigenvalue weighted by Crippen LogP contribution is 2.27. The van der Waals surface area contributed by atoms with E-state index in [1.165, 1.54) is 0 Å². The Morgan fingerprint density at radius 3 is 2.25 bits per heavy atom. The number of carbonyl (C=O) groups excluding carboxylic acids is 1. The summed E-state index contributed by atoms with van der Waals surface area (Å²) in [7, 11) is 1.87. The number of allylic oxidation sites excluding steroid dienone is 1. The predicted octanol–water partition coefficient (Wildman–Crippen LogP) is 5.93. The topological polar surface area (TPSA) is 83.4 Å². The summed E-state index contributed by atoms with van der Waals surface area (Å²) in [6.45, 7) is 0. The number of nitrogens with zero attached hydrogens (tertiary/aromatic N) is 3. The lowest BCUT2D eigenvalue weighted by Gasteiger charge is -2.16. The Hall–Kier alpha value is -3.22. The number of hydrogen-bond donors (Lipinski definition) is 1. The lowest BCUT2D eigenvalue weighted by atomic mass is 9.95. The molecule has 0 saturated carbocycles. The Morgan fingerprint density at radius 1 is 1.03 bits per heavy atom. The first-order valence-electron chi connectivity index (χ1n) is 9.84. The van der Waals surface area contributed by atoms with E-state index in [4.69, 9.17) is 23.2 Å². The van der Waals surface area contributed by atoms with Crippen molar-refractivity contribution < 1.29 is 14.7 Å². The van der Waals surface area contributed by atoms with Gasteiger partial charge in [0.15, 0.2) is 5.78 Å². The van der Waals surface area contributed by atoms with E-state index >= 15 is 0 Å². The van der Waals surface area contributed by atoms with E-state index < -0.39 is 17.7 Å². The van der Waals surface area contributed by atoms with Crippen LogP contribution in [-0.4, -0.2) is 33.9 Å². The lowest BCUT2D eigenvalue weighted by Crippen LogP contribution is -2.18. The molecule has 0 aliphatic rings. The van der Waals surface area contributed by atoms with Gasteiger partial charge >= 0.3 is 5.97 Å². The van der Waals surface area contributed by atoms with Crippen LogP contribution in [0.1, 0.15) is 28.8 Å². The molecule has 32 heavy (non-hydrogen) atoms. The molecular weight excluding hydrogens is 449 g/mol. The third-order valence-electron chi connectivity index (χ3n) is 4.89. The maximum atomic E-state index is 12.6. The summed E-state index contributed by atoms with van der Waals surface area (Å²) in [6, 6.07) is 14.2. The highest BCUT2D eigenvalue weighted by molar-refractivity contribution is 6.39. The number of anilines is 2. The van der Waals surface area contributed by atoms with Gasteiger partial charge in [-0.05, 0) is 42.3 Å². The average Bonchev–Trinajstić information content (AvgIpc) is 2.78. The van der Waals surface area contributed by atoms with Crippen molar-refractivity contribution in [1.29, 1.82) is 0 Å².